The van der Waals surface area contributed by atoms with Gasteiger partial charge in [0.1, 0.15) is 4.91 Å². The summed E-state index contributed by atoms with van der Waals surface area (Å²) in [6.07, 6.45) is 2.96. The van der Waals surface area contributed by atoms with Gasteiger partial charge >= 0.3 is 5.97 Å². The second-order valence-corrected chi connectivity index (χ2v) is 6.22. The summed E-state index contributed by atoms with van der Waals surface area (Å²) in [4.78, 5) is 18.1. The maximum Gasteiger partial charge on any atom is 0.346 e. The topological polar surface area (TPSA) is 32.8 Å². The van der Waals surface area contributed by atoms with Gasteiger partial charge in [-0.3, -0.25) is 0 Å². The van der Waals surface area contributed by atoms with E-state index in [2.05, 4.69) is 30.0 Å². The fourth-order valence-corrected chi connectivity index (χ4v) is 3.17. The first-order chi connectivity index (χ1) is 10.1. The summed E-state index contributed by atoms with van der Waals surface area (Å²) in [6, 6.07) is 8.17. The molecule has 1 heterocycles. The summed E-state index contributed by atoms with van der Waals surface area (Å²) in [5.74, 6) is -0.241. The standard InChI is InChI=1S/C16H22N2O2S/c1-4-20-16(19)15-12-18(11-7-10-17(2)3)13-8-5-6-9-14(13)21-15/h5-6,8-9,12H,4,7,10-11H2,1-3H3. The first-order valence-electron chi connectivity index (χ1n) is 7.19. The average molecular weight is 306 g/mol. The van der Waals surface area contributed by atoms with Crippen molar-refractivity contribution in [1.29, 1.82) is 0 Å². The van der Waals surface area contributed by atoms with Gasteiger partial charge in [-0.05, 0) is 46.1 Å². The molecule has 0 saturated carbocycles. The molecule has 4 nitrogen and oxygen atoms in total. The molecule has 0 aliphatic carbocycles. The molecule has 1 aromatic carbocycles. The molecule has 0 bridgehead atoms. The maximum absolute atomic E-state index is 12.0. The van der Waals surface area contributed by atoms with Crippen LogP contribution >= 0.6 is 11.8 Å². The molecule has 114 valence electrons. The molecular formula is C16H22N2O2S. The number of esters is 1. The number of para-hydroxylation sites is 1. The molecule has 0 spiro atoms. The van der Waals surface area contributed by atoms with Crippen molar-refractivity contribution in [3.63, 3.8) is 0 Å². The van der Waals surface area contributed by atoms with Crippen LogP contribution in [0.15, 0.2) is 40.3 Å². The van der Waals surface area contributed by atoms with Crippen LogP contribution in [-0.4, -0.2) is 44.7 Å². The molecular weight excluding hydrogens is 284 g/mol. The van der Waals surface area contributed by atoms with Gasteiger partial charge in [0, 0.05) is 17.6 Å². The number of anilines is 1. The van der Waals surface area contributed by atoms with E-state index in [-0.39, 0.29) is 5.97 Å². The number of hydrogen-bond donors (Lipinski definition) is 0. The summed E-state index contributed by atoms with van der Waals surface area (Å²) in [7, 11) is 4.14. The smallest absolute Gasteiger partial charge is 0.346 e. The first kappa shape index (κ1) is 15.9. The lowest BCUT2D eigenvalue weighted by atomic mass is 10.2. The summed E-state index contributed by atoms with van der Waals surface area (Å²) in [5.41, 5.74) is 1.16. The van der Waals surface area contributed by atoms with E-state index in [4.69, 9.17) is 4.74 Å². The molecule has 0 saturated heterocycles. The van der Waals surface area contributed by atoms with Gasteiger partial charge in [0.15, 0.2) is 0 Å². The van der Waals surface area contributed by atoms with Crippen LogP contribution in [0.1, 0.15) is 13.3 Å². The molecule has 0 atom stereocenters. The van der Waals surface area contributed by atoms with Crippen LogP contribution in [0.3, 0.4) is 0 Å². The number of fused-ring (bicyclic) bond motifs is 1. The minimum absolute atomic E-state index is 0.241. The molecule has 0 unspecified atom stereocenters. The van der Waals surface area contributed by atoms with E-state index in [0.29, 0.717) is 11.5 Å². The van der Waals surface area contributed by atoms with E-state index in [9.17, 15) is 4.79 Å². The number of nitrogens with zero attached hydrogens (tertiary/aromatic N) is 2. The Balaban J connectivity index is 2.16. The van der Waals surface area contributed by atoms with Crippen molar-refractivity contribution in [3.8, 4) is 0 Å². The third-order valence-electron chi connectivity index (χ3n) is 3.15. The van der Waals surface area contributed by atoms with Crippen LogP contribution in [0.2, 0.25) is 0 Å². The number of carbonyl (C=O) groups excluding carboxylic acids is 1. The highest BCUT2D eigenvalue weighted by atomic mass is 32.2. The number of ether oxygens (including phenoxy) is 1. The van der Waals surface area contributed by atoms with Crippen molar-refractivity contribution < 1.29 is 9.53 Å². The Hall–Kier alpha value is -1.46. The van der Waals surface area contributed by atoms with E-state index < -0.39 is 0 Å². The van der Waals surface area contributed by atoms with Gasteiger partial charge in [-0.25, -0.2) is 4.79 Å². The highest BCUT2D eigenvalue weighted by molar-refractivity contribution is 8.04. The SMILES string of the molecule is CCOC(=O)C1=CN(CCCN(C)C)c2ccccc2S1. The third-order valence-corrected chi connectivity index (χ3v) is 4.21. The summed E-state index contributed by atoms with van der Waals surface area (Å²) in [6.45, 7) is 4.14. The normalized spacial score (nSPS) is 13.9. The van der Waals surface area contributed by atoms with Crippen molar-refractivity contribution in [1.82, 2.24) is 4.90 Å². The average Bonchev–Trinajstić information content (AvgIpc) is 2.47. The lowest BCUT2D eigenvalue weighted by Crippen LogP contribution is -2.26. The Morgan fingerprint density at radius 3 is 2.81 bits per heavy atom. The Kier molecular flexibility index (Phi) is 5.70. The van der Waals surface area contributed by atoms with Gasteiger partial charge in [-0.15, -0.1) is 0 Å². The van der Waals surface area contributed by atoms with Crippen molar-refractivity contribution in [2.75, 3.05) is 38.7 Å². The maximum atomic E-state index is 12.0. The molecule has 5 heteroatoms. The monoisotopic (exact) mass is 306 g/mol. The zero-order chi connectivity index (χ0) is 15.2. The van der Waals surface area contributed by atoms with Gasteiger partial charge < -0.3 is 14.5 Å². The zero-order valence-electron chi connectivity index (χ0n) is 12.8. The fraction of sp³-hybridized carbons (Fsp3) is 0.438. The van der Waals surface area contributed by atoms with E-state index in [1.54, 1.807) is 0 Å². The van der Waals surface area contributed by atoms with E-state index in [1.165, 1.54) is 11.8 Å². The van der Waals surface area contributed by atoms with Gasteiger partial charge in [0.2, 0.25) is 0 Å². The van der Waals surface area contributed by atoms with Gasteiger partial charge in [0.25, 0.3) is 0 Å². The summed E-state index contributed by atoms with van der Waals surface area (Å²) in [5, 5.41) is 0. The van der Waals surface area contributed by atoms with E-state index in [1.807, 2.05) is 31.3 Å². The number of thioether (sulfide) groups is 1. The molecule has 21 heavy (non-hydrogen) atoms. The van der Waals surface area contributed by atoms with Crippen molar-refractivity contribution in [3.05, 3.63) is 35.4 Å². The second-order valence-electron chi connectivity index (χ2n) is 5.13. The van der Waals surface area contributed by atoms with Gasteiger partial charge in [-0.2, -0.15) is 0 Å². The Morgan fingerprint density at radius 2 is 2.10 bits per heavy atom. The molecule has 0 aromatic heterocycles. The number of carbonyl (C=O) groups is 1. The Labute approximate surface area is 130 Å². The predicted octanol–water partition coefficient (Wildman–Crippen LogP) is 2.95. The molecule has 0 fully saturated rings. The van der Waals surface area contributed by atoms with Crippen LogP contribution in [0, 0.1) is 0 Å². The molecule has 1 aromatic rings. The summed E-state index contributed by atoms with van der Waals surface area (Å²) >= 11 is 1.48. The molecule has 0 N–H and O–H groups in total. The van der Waals surface area contributed by atoms with E-state index >= 15 is 0 Å². The highest BCUT2D eigenvalue weighted by Gasteiger charge is 2.22. The second kappa shape index (κ2) is 7.52. The van der Waals surface area contributed by atoms with Crippen LogP contribution in [-0.2, 0) is 9.53 Å². The minimum Gasteiger partial charge on any atom is -0.462 e. The fourth-order valence-electron chi connectivity index (χ4n) is 2.18. The third kappa shape index (κ3) is 4.25. The molecule has 0 amide bonds. The largest absolute Gasteiger partial charge is 0.462 e. The summed E-state index contributed by atoms with van der Waals surface area (Å²) < 4.78 is 5.12. The van der Waals surface area contributed by atoms with Crippen molar-refractivity contribution in [2.45, 2.75) is 18.2 Å². The van der Waals surface area contributed by atoms with Crippen molar-refractivity contribution >= 4 is 23.4 Å². The number of rotatable bonds is 6. The van der Waals surface area contributed by atoms with Crippen LogP contribution < -0.4 is 4.90 Å². The quantitative estimate of drug-likeness (QED) is 0.755. The molecule has 1 aliphatic rings. The van der Waals surface area contributed by atoms with Gasteiger partial charge in [0.05, 0.1) is 12.3 Å². The molecule has 0 radical (unpaired) electrons. The minimum atomic E-state index is -0.241. The highest BCUT2D eigenvalue weighted by Crippen LogP contribution is 2.40. The Bertz CT molecular complexity index is 529. The zero-order valence-corrected chi connectivity index (χ0v) is 13.7. The van der Waals surface area contributed by atoms with Gasteiger partial charge in [-0.1, -0.05) is 23.9 Å². The predicted molar refractivity (Wildman–Crippen MR) is 87.5 cm³/mol. The molecule has 2 rings (SSSR count). The van der Waals surface area contributed by atoms with Crippen molar-refractivity contribution in [2.24, 2.45) is 0 Å². The molecule has 1 aliphatic heterocycles. The van der Waals surface area contributed by atoms with Crippen LogP contribution in [0.4, 0.5) is 5.69 Å². The van der Waals surface area contributed by atoms with E-state index in [0.717, 1.165) is 30.1 Å². The lowest BCUT2D eigenvalue weighted by molar-refractivity contribution is -0.137. The number of hydrogen-bond acceptors (Lipinski definition) is 5. The first-order valence-corrected chi connectivity index (χ1v) is 8.00. The number of benzene rings is 1. The van der Waals surface area contributed by atoms with Crippen LogP contribution in [0.5, 0.6) is 0 Å². The Morgan fingerprint density at radius 1 is 1.33 bits per heavy atom. The lowest BCUT2D eigenvalue weighted by Gasteiger charge is -2.28. The van der Waals surface area contributed by atoms with Crippen LogP contribution in [0.25, 0.3) is 0 Å².